The van der Waals surface area contributed by atoms with E-state index in [4.69, 9.17) is 45.1 Å². The number of nitrogens with one attached hydrogen (secondary N) is 1. The second kappa shape index (κ2) is 11.3. The number of thiol groups is 1. The van der Waals surface area contributed by atoms with Crippen LogP contribution in [0.1, 0.15) is 12.5 Å². The molecule has 0 aliphatic carbocycles. The number of fused-ring (bicyclic) bond motifs is 5. The highest BCUT2D eigenvalue weighted by molar-refractivity contribution is 8.44. The Hall–Kier alpha value is -2.63. The minimum atomic E-state index is -4.36. The number of ether oxygens (including phenoxy) is 2. The zero-order valence-corrected chi connectivity index (χ0v) is 25.8. The summed E-state index contributed by atoms with van der Waals surface area (Å²) in [6.45, 7) is -9.86. The van der Waals surface area contributed by atoms with Gasteiger partial charge >= 0.3 is 19.2 Å². The van der Waals surface area contributed by atoms with Gasteiger partial charge in [-0.15, -0.1) is 0 Å². The predicted octanol–water partition coefficient (Wildman–Crippen LogP) is -1.81. The molecule has 2 unspecified atom stereocenters. The summed E-state index contributed by atoms with van der Waals surface area (Å²) in [5.41, 5.74) is 4.22. The van der Waals surface area contributed by atoms with Gasteiger partial charge in [0, 0.05) is 12.4 Å². The lowest BCUT2D eigenvalue weighted by molar-refractivity contribution is -0.0619. The van der Waals surface area contributed by atoms with Crippen LogP contribution in [0.5, 0.6) is 0 Å². The van der Waals surface area contributed by atoms with Crippen molar-refractivity contribution in [1.29, 1.82) is 0 Å². The Morgan fingerprint density at radius 2 is 1.73 bits per heavy atom. The highest BCUT2D eigenvalue weighted by atomic mass is 32.7. The van der Waals surface area contributed by atoms with Crippen molar-refractivity contribution in [3.8, 4) is 0 Å². The molecule has 3 fully saturated rings. The van der Waals surface area contributed by atoms with Crippen LogP contribution in [0.4, 0.5) is 5.95 Å². The van der Waals surface area contributed by atoms with Gasteiger partial charge in [0.15, 0.2) is 23.6 Å². The number of aromatic nitrogens is 8. The quantitative estimate of drug-likeness (QED) is 0.0990. The molecule has 0 amide bonds. The Labute approximate surface area is 259 Å². The number of hydrogen-bond acceptors (Lipinski definition) is 17. The summed E-state index contributed by atoms with van der Waals surface area (Å²) < 4.78 is 50.7. The van der Waals surface area contributed by atoms with E-state index in [1.807, 2.05) is 0 Å². The van der Waals surface area contributed by atoms with Gasteiger partial charge < -0.3 is 34.8 Å². The van der Waals surface area contributed by atoms with Crippen LogP contribution in [0, 0.1) is 0 Å². The molecule has 7 rings (SSSR count). The molecule has 7 heterocycles. The topological polar surface area (TPSA) is 275 Å². The van der Waals surface area contributed by atoms with Gasteiger partial charge in [-0.25, -0.2) is 28.7 Å². The van der Waals surface area contributed by atoms with Crippen LogP contribution in [-0.2, 0) is 43.9 Å². The Morgan fingerprint density at radius 3 is 2.53 bits per heavy atom. The summed E-state index contributed by atoms with van der Waals surface area (Å²) in [6, 6.07) is 0. The lowest BCUT2D eigenvalue weighted by Gasteiger charge is -2.27. The van der Waals surface area contributed by atoms with E-state index in [1.165, 1.54) is 23.3 Å². The van der Waals surface area contributed by atoms with Gasteiger partial charge in [-0.2, -0.15) is 4.98 Å². The summed E-state index contributed by atoms with van der Waals surface area (Å²) >= 11 is 9.23. The Kier molecular flexibility index (Phi) is 7.76. The second-order valence-corrected chi connectivity index (χ2v) is 15.8. The Balaban J connectivity index is 1.21. The number of nitrogen functional groups attached to an aromatic ring is 1. The Bertz CT molecular complexity index is 2000. The number of aromatic amines is 1. The summed E-state index contributed by atoms with van der Waals surface area (Å²) in [4.78, 5) is 54.8. The van der Waals surface area contributed by atoms with Crippen LogP contribution in [0.3, 0.4) is 0 Å². The molecular weight excluding hydrogens is 684 g/mol. The molecule has 4 aromatic heterocycles. The maximum atomic E-state index is 13.4. The standard InChI is InChI=1S/C20H23N9O12P2S2/c21-18-25-14-9(15(32)26-18)23-5-28(14)16-11(31)12-8(39-16)4-37-43(35,45)41-13-10(30)7(3-36-42(34,44)40-12)38-17(13)29-6-24-19-22-1-2-27(19)20(29)33/h1-2,5-8,10-13,16-17,30-31H,3-4H2,(H,34,44)(H,35,45)(H3,21,25,26,32)/t7-,8-,10-,11-,12-,13-,16-,17-,42?,43?/m1/s1. The molecule has 6 N–H and O–H groups in total. The van der Waals surface area contributed by atoms with Gasteiger partial charge in [0.25, 0.3) is 5.56 Å². The number of aliphatic hydroxyl groups is 2. The first-order chi connectivity index (χ1) is 21.3. The summed E-state index contributed by atoms with van der Waals surface area (Å²) in [6.07, 6.45) is -6.59. The van der Waals surface area contributed by atoms with Gasteiger partial charge in [0.1, 0.15) is 43.0 Å². The zero-order chi connectivity index (χ0) is 31.8. The molecule has 21 nitrogen and oxygen atoms in total. The number of H-pyrrole nitrogens is 1. The van der Waals surface area contributed by atoms with Crippen LogP contribution >= 0.6 is 25.8 Å². The molecule has 0 spiro atoms. The summed E-state index contributed by atoms with van der Waals surface area (Å²) in [5, 5.41) is 22.3. The van der Waals surface area contributed by atoms with Gasteiger partial charge in [0.05, 0.1) is 19.5 Å². The fourth-order valence-corrected chi connectivity index (χ4v) is 8.15. The first kappa shape index (κ1) is 31.0. The lowest BCUT2D eigenvalue weighted by atomic mass is 10.1. The van der Waals surface area contributed by atoms with Crippen molar-refractivity contribution in [1.82, 2.24) is 38.5 Å². The first-order valence-electron chi connectivity index (χ1n) is 12.9. The van der Waals surface area contributed by atoms with E-state index in [-0.39, 0.29) is 22.9 Å². The number of imidazole rings is 2. The molecule has 3 aliphatic rings. The van der Waals surface area contributed by atoms with Crippen molar-refractivity contribution < 1.29 is 47.2 Å². The highest BCUT2D eigenvalue weighted by Crippen LogP contribution is 2.58. The van der Waals surface area contributed by atoms with Crippen molar-refractivity contribution in [2.24, 2.45) is 0 Å². The Morgan fingerprint density at radius 1 is 1.00 bits per heavy atom. The largest absolute Gasteiger partial charge is 0.387 e. The van der Waals surface area contributed by atoms with Crippen molar-refractivity contribution in [3.63, 3.8) is 0 Å². The third kappa shape index (κ3) is 5.56. The minimum Gasteiger partial charge on any atom is -0.387 e. The highest BCUT2D eigenvalue weighted by Gasteiger charge is 2.53. The van der Waals surface area contributed by atoms with Crippen LogP contribution in [0.15, 0.2) is 34.6 Å². The minimum absolute atomic E-state index is 0.0386. The van der Waals surface area contributed by atoms with Crippen molar-refractivity contribution in [2.45, 2.75) is 49.1 Å². The fraction of sp³-hybridized carbons (Fsp3) is 0.500. The monoisotopic (exact) mass is 707 g/mol. The van der Waals surface area contributed by atoms with E-state index >= 15 is 0 Å². The van der Waals surface area contributed by atoms with E-state index in [1.54, 1.807) is 0 Å². The normalized spacial score (nSPS) is 37.7. The molecule has 10 atom stereocenters. The molecule has 0 saturated carbocycles. The van der Waals surface area contributed by atoms with Gasteiger partial charge in [-0.05, 0) is 11.8 Å². The molecule has 242 valence electrons. The van der Waals surface area contributed by atoms with Crippen LogP contribution < -0.4 is 17.0 Å². The van der Waals surface area contributed by atoms with Crippen LogP contribution in [0.25, 0.3) is 16.9 Å². The third-order valence-corrected chi connectivity index (χ3v) is 10.5. The second-order valence-electron chi connectivity index (χ2n) is 10.1. The molecule has 3 saturated heterocycles. The smallest absolute Gasteiger partial charge is 0.386 e. The van der Waals surface area contributed by atoms with Gasteiger partial charge in [-0.1, -0.05) is 12.2 Å². The molecule has 0 aromatic carbocycles. The van der Waals surface area contributed by atoms with E-state index in [0.717, 1.165) is 15.3 Å². The lowest BCUT2D eigenvalue weighted by Crippen LogP contribution is -2.38. The molecular formula is C20H23N9O12P2S2. The first-order valence-corrected chi connectivity index (χ1v) is 18.2. The number of hydrogen-bond donors (Lipinski definition) is 6. The number of anilines is 1. The van der Waals surface area contributed by atoms with E-state index < -0.39 is 87.1 Å². The SMILES string of the molecule is Nc1nc2c(ncn2[C@@H]2O[C@@H]3COP(O)(=S)O[C@@H]4[C@H](O)[C@@H](COP(=O)(S)O[C@H]3[C@H]2O)O[C@H]4n2cnc3nccn3c2=O)c(=O)[nH]1. The van der Waals surface area contributed by atoms with Gasteiger partial charge in [-0.3, -0.25) is 32.5 Å². The van der Waals surface area contributed by atoms with Crippen molar-refractivity contribution in [2.75, 3.05) is 18.9 Å². The van der Waals surface area contributed by atoms with E-state index in [0.29, 0.717) is 0 Å². The third-order valence-electron chi connectivity index (χ3n) is 7.28. The average Bonchev–Trinajstić information content (AvgIpc) is 3.74. The summed E-state index contributed by atoms with van der Waals surface area (Å²) in [7, 11) is 0. The maximum Gasteiger partial charge on any atom is 0.386 e. The van der Waals surface area contributed by atoms with Crippen molar-refractivity contribution in [3.05, 3.63) is 45.9 Å². The number of rotatable bonds is 2. The average molecular weight is 708 g/mol. The number of aliphatic hydroxyl groups excluding tert-OH is 2. The van der Waals surface area contributed by atoms with Gasteiger partial charge in [0.2, 0.25) is 11.7 Å². The molecule has 0 radical (unpaired) electrons. The van der Waals surface area contributed by atoms with Crippen molar-refractivity contribution >= 4 is 60.5 Å². The molecule has 3 aliphatic heterocycles. The van der Waals surface area contributed by atoms with E-state index in [2.05, 4.69) is 37.2 Å². The molecule has 25 heteroatoms. The molecule has 2 bridgehead atoms. The molecule has 4 aromatic rings. The maximum absolute atomic E-state index is 13.4. The number of nitrogens with two attached hydrogens (primary N) is 1. The molecule has 45 heavy (non-hydrogen) atoms. The van der Waals surface area contributed by atoms with Crippen LogP contribution in [0.2, 0.25) is 0 Å². The fourth-order valence-electron chi connectivity index (χ4n) is 5.24. The summed E-state index contributed by atoms with van der Waals surface area (Å²) in [5.74, 6) is -0.130. The van der Waals surface area contributed by atoms with Crippen LogP contribution in [-0.4, -0.2) is 103 Å². The zero-order valence-electron chi connectivity index (χ0n) is 22.3. The van der Waals surface area contributed by atoms with E-state index in [9.17, 15) is 29.3 Å². The predicted molar refractivity (Wildman–Crippen MR) is 154 cm³/mol. The number of nitrogens with zero attached hydrogens (tertiary/aromatic N) is 7.